The average Bonchev–Trinajstić information content (AvgIpc) is 2.17. The first-order chi connectivity index (χ1) is 6.63. The fraction of sp³-hybridized carbons (Fsp3) is 0.300. The third-order valence-corrected chi connectivity index (χ3v) is 2.21. The van der Waals surface area contributed by atoms with Gasteiger partial charge in [-0.15, -0.1) is 0 Å². The first-order valence-corrected chi connectivity index (χ1v) is 5.08. The Morgan fingerprint density at radius 1 is 1.43 bits per heavy atom. The van der Waals surface area contributed by atoms with Gasteiger partial charge in [0, 0.05) is 28.9 Å². The largest absolute Gasteiger partial charge is 0.299 e. The van der Waals surface area contributed by atoms with Crippen molar-refractivity contribution in [2.24, 2.45) is 0 Å². The number of hydrogen-bond acceptors (Lipinski definition) is 3. The van der Waals surface area contributed by atoms with Gasteiger partial charge < -0.3 is 0 Å². The molecule has 0 unspecified atom stereocenters. The van der Waals surface area contributed by atoms with Crippen LogP contribution < -0.4 is 0 Å². The number of carbonyl (C=O) groups excluding carboxylic acids is 2. The number of pyridine rings is 1. The highest BCUT2D eigenvalue weighted by Gasteiger charge is 2.10. The van der Waals surface area contributed by atoms with Crippen LogP contribution in [0.5, 0.6) is 0 Å². The molecule has 14 heavy (non-hydrogen) atoms. The molecule has 0 aromatic carbocycles. The molecule has 3 nitrogen and oxygen atoms in total. The molecule has 0 aliphatic rings. The zero-order chi connectivity index (χ0) is 10.6. The third-order valence-electron chi connectivity index (χ3n) is 1.78. The van der Waals surface area contributed by atoms with Crippen molar-refractivity contribution in [3.05, 3.63) is 28.5 Å². The summed E-state index contributed by atoms with van der Waals surface area (Å²) in [6.07, 6.45) is 3.43. The van der Waals surface area contributed by atoms with Gasteiger partial charge in [0.1, 0.15) is 5.78 Å². The second-order valence-electron chi connectivity index (χ2n) is 2.88. The van der Waals surface area contributed by atoms with Gasteiger partial charge in [0.05, 0.1) is 6.42 Å². The van der Waals surface area contributed by atoms with Crippen LogP contribution >= 0.6 is 15.9 Å². The lowest BCUT2D eigenvalue weighted by atomic mass is 10.1. The van der Waals surface area contributed by atoms with Gasteiger partial charge >= 0.3 is 0 Å². The SMILES string of the molecule is CCC(=O)CC(=O)c1cncc(Br)c1. The van der Waals surface area contributed by atoms with Crippen molar-refractivity contribution >= 4 is 27.5 Å². The van der Waals surface area contributed by atoms with Gasteiger partial charge in [-0.25, -0.2) is 0 Å². The van der Waals surface area contributed by atoms with Gasteiger partial charge in [-0.3, -0.25) is 14.6 Å². The van der Waals surface area contributed by atoms with Crippen LogP contribution in [0.4, 0.5) is 0 Å². The standard InChI is InChI=1S/C10H10BrNO2/c1-2-9(13)4-10(14)7-3-8(11)6-12-5-7/h3,5-6H,2,4H2,1H3. The van der Waals surface area contributed by atoms with E-state index in [2.05, 4.69) is 20.9 Å². The van der Waals surface area contributed by atoms with E-state index in [1.807, 2.05) is 0 Å². The summed E-state index contributed by atoms with van der Waals surface area (Å²) in [6.45, 7) is 1.74. The lowest BCUT2D eigenvalue weighted by molar-refractivity contribution is -0.117. The van der Waals surface area contributed by atoms with Gasteiger partial charge in [-0.05, 0) is 22.0 Å². The van der Waals surface area contributed by atoms with Crippen molar-refractivity contribution in [3.8, 4) is 0 Å². The van der Waals surface area contributed by atoms with E-state index >= 15 is 0 Å². The quantitative estimate of drug-likeness (QED) is 0.613. The van der Waals surface area contributed by atoms with Crippen molar-refractivity contribution in [1.82, 2.24) is 4.98 Å². The molecule has 1 heterocycles. The summed E-state index contributed by atoms with van der Waals surface area (Å²) in [7, 11) is 0. The fourth-order valence-electron chi connectivity index (χ4n) is 0.970. The summed E-state index contributed by atoms with van der Waals surface area (Å²) in [5.41, 5.74) is 0.473. The van der Waals surface area contributed by atoms with Crippen LogP contribution in [0, 0.1) is 0 Å². The summed E-state index contributed by atoms with van der Waals surface area (Å²) in [5, 5.41) is 0. The number of nitrogens with zero attached hydrogens (tertiary/aromatic N) is 1. The molecule has 0 spiro atoms. The Hall–Kier alpha value is -1.03. The number of rotatable bonds is 4. The summed E-state index contributed by atoms with van der Waals surface area (Å²) in [5.74, 6) is -0.222. The maximum atomic E-state index is 11.5. The highest BCUT2D eigenvalue weighted by molar-refractivity contribution is 9.10. The molecule has 0 N–H and O–H groups in total. The monoisotopic (exact) mass is 255 g/mol. The number of ketones is 2. The fourth-order valence-corrected chi connectivity index (χ4v) is 1.34. The van der Waals surface area contributed by atoms with E-state index in [1.165, 1.54) is 6.20 Å². The highest BCUT2D eigenvalue weighted by Crippen LogP contribution is 2.11. The van der Waals surface area contributed by atoms with Gasteiger partial charge in [-0.2, -0.15) is 0 Å². The molecule has 0 saturated carbocycles. The molecule has 0 saturated heterocycles. The van der Waals surface area contributed by atoms with Gasteiger partial charge in [0.25, 0.3) is 0 Å². The van der Waals surface area contributed by atoms with Crippen LogP contribution in [0.2, 0.25) is 0 Å². The minimum absolute atomic E-state index is 0.0331. The van der Waals surface area contributed by atoms with Gasteiger partial charge in [-0.1, -0.05) is 6.92 Å². The summed E-state index contributed by atoms with van der Waals surface area (Å²) in [4.78, 5) is 26.4. The molecule has 0 radical (unpaired) electrons. The maximum Gasteiger partial charge on any atom is 0.171 e. The van der Waals surface area contributed by atoms with Crippen molar-refractivity contribution < 1.29 is 9.59 Å². The van der Waals surface area contributed by atoms with Gasteiger partial charge in [0.15, 0.2) is 5.78 Å². The topological polar surface area (TPSA) is 47.0 Å². The van der Waals surface area contributed by atoms with E-state index in [-0.39, 0.29) is 18.0 Å². The molecule has 0 amide bonds. The maximum absolute atomic E-state index is 11.5. The number of carbonyl (C=O) groups is 2. The van der Waals surface area contributed by atoms with E-state index in [4.69, 9.17) is 0 Å². The lowest BCUT2D eigenvalue weighted by Gasteiger charge is -1.98. The first kappa shape index (κ1) is 11.0. The molecule has 0 bridgehead atoms. The summed E-state index contributed by atoms with van der Waals surface area (Å²) in [6, 6.07) is 1.66. The van der Waals surface area contributed by atoms with Gasteiger partial charge in [0.2, 0.25) is 0 Å². The molecular weight excluding hydrogens is 246 g/mol. The molecular formula is C10H10BrNO2. The molecule has 1 aromatic rings. The van der Waals surface area contributed by atoms with E-state index in [0.29, 0.717) is 12.0 Å². The predicted molar refractivity (Wildman–Crippen MR) is 56.2 cm³/mol. The minimum Gasteiger partial charge on any atom is -0.299 e. The molecule has 0 aliphatic heterocycles. The zero-order valence-corrected chi connectivity index (χ0v) is 9.37. The predicted octanol–water partition coefficient (Wildman–Crippen LogP) is 2.40. The van der Waals surface area contributed by atoms with Crippen molar-refractivity contribution in [1.29, 1.82) is 0 Å². The van der Waals surface area contributed by atoms with E-state index in [1.54, 1.807) is 19.2 Å². The smallest absolute Gasteiger partial charge is 0.171 e. The molecule has 0 atom stereocenters. The van der Waals surface area contributed by atoms with Crippen LogP contribution in [-0.4, -0.2) is 16.6 Å². The molecule has 0 fully saturated rings. The van der Waals surface area contributed by atoms with E-state index in [0.717, 1.165) is 4.47 Å². The Morgan fingerprint density at radius 2 is 2.14 bits per heavy atom. The number of Topliss-reactive ketones (excluding diaryl/α,β-unsaturated/α-hetero) is 2. The van der Waals surface area contributed by atoms with Crippen molar-refractivity contribution in [2.45, 2.75) is 19.8 Å². The van der Waals surface area contributed by atoms with Crippen LogP contribution in [0.1, 0.15) is 30.1 Å². The zero-order valence-electron chi connectivity index (χ0n) is 7.79. The third kappa shape index (κ3) is 3.03. The first-order valence-electron chi connectivity index (χ1n) is 4.29. The van der Waals surface area contributed by atoms with Crippen LogP contribution in [0.3, 0.4) is 0 Å². The Bertz CT molecular complexity index is 363. The molecule has 74 valence electrons. The molecule has 4 heteroatoms. The number of halogens is 1. The highest BCUT2D eigenvalue weighted by atomic mass is 79.9. The molecule has 1 rings (SSSR count). The lowest BCUT2D eigenvalue weighted by Crippen LogP contribution is -2.07. The van der Waals surface area contributed by atoms with Crippen LogP contribution in [0.25, 0.3) is 0 Å². The number of aromatic nitrogens is 1. The van der Waals surface area contributed by atoms with E-state index < -0.39 is 0 Å². The number of hydrogen-bond donors (Lipinski definition) is 0. The Morgan fingerprint density at radius 3 is 2.71 bits per heavy atom. The average molecular weight is 256 g/mol. The Labute approximate surface area is 90.7 Å². The Kier molecular flexibility index (Phi) is 3.95. The second kappa shape index (κ2) is 5.00. The minimum atomic E-state index is -0.175. The molecule has 0 aliphatic carbocycles. The molecule has 1 aromatic heterocycles. The summed E-state index contributed by atoms with van der Waals surface area (Å²) >= 11 is 3.21. The van der Waals surface area contributed by atoms with Crippen LogP contribution in [-0.2, 0) is 4.79 Å². The van der Waals surface area contributed by atoms with E-state index in [9.17, 15) is 9.59 Å². The van der Waals surface area contributed by atoms with Crippen LogP contribution in [0.15, 0.2) is 22.9 Å². The Balaban J connectivity index is 2.75. The second-order valence-corrected chi connectivity index (χ2v) is 3.80. The summed E-state index contributed by atoms with van der Waals surface area (Å²) < 4.78 is 0.743. The van der Waals surface area contributed by atoms with Crippen molar-refractivity contribution in [3.63, 3.8) is 0 Å². The van der Waals surface area contributed by atoms with Crippen molar-refractivity contribution in [2.75, 3.05) is 0 Å². The normalized spacial score (nSPS) is 9.86.